The Morgan fingerprint density at radius 1 is 0.966 bits per heavy atom. The lowest BCUT2D eigenvalue weighted by Gasteiger charge is -2.07. The highest BCUT2D eigenvalue weighted by Gasteiger charge is 2.09. The van der Waals surface area contributed by atoms with Crippen molar-refractivity contribution in [3.8, 4) is 5.75 Å². The lowest BCUT2D eigenvalue weighted by Crippen LogP contribution is -2.33. The average molecular weight is 404 g/mol. The van der Waals surface area contributed by atoms with Gasteiger partial charge in [0.1, 0.15) is 5.75 Å². The number of hydrogen-bond donors (Lipinski definition) is 1. The molecule has 0 aliphatic carbocycles. The Morgan fingerprint density at radius 3 is 2.48 bits per heavy atom. The topological polar surface area (TPSA) is 42.2 Å². The molecule has 0 fully saturated rings. The van der Waals surface area contributed by atoms with Crippen molar-refractivity contribution in [3.05, 3.63) is 101 Å². The van der Waals surface area contributed by atoms with E-state index in [2.05, 4.69) is 5.32 Å². The Kier molecular flexibility index (Phi) is 5.45. The van der Waals surface area contributed by atoms with Gasteiger partial charge >= 0.3 is 0 Å². The summed E-state index contributed by atoms with van der Waals surface area (Å²) in [5, 5.41) is 5.69. The van der Waals surface area contributed by atoms with Crippen molar-refractivity contribution in [2.45, 2.75) is 6.54 Å². The van der Waals surface area contributed by atoms with Crippen LogP contribution in [0.4, 0.5) is 5.69 Å². The zero-order valence-corrected chi connectivity index (χ0v) is 16.7. The fourth-order valence-electron chi connectivity index (χ4n) is 3.19. The van der Waals surface area contributed by atoms with E-state index in [1.54, 1.807) is 7.11 Å². The van der Waals surface area contributed by atoms with Crippen LogP contribution in [0.15, 0.2) is 85.2 Å². The highest BCUT2D eigenvalue weighted by Crippen LogP contribution is 2.22. The molecule has 4 rings (SSSR count). The smallest absolute Gasteiger partial charge is 0.255 e. The van der Waals surface area contributed by atoms with Gasteiger partial charge in [-0.2, -0.15) is 0 Å². The third-order valence-corrected chi connectivity index (χ3v) is 4.95. The second-order valence-corrected chi connectivity index (χ2v) is 7.21. The van der Waals surface area contributed by atoms with E-state index in [1.165, 1.54) is 0 Å². The summed E-state index contributed by atoms with van der Waals surface area (Å²) in [6, 6.07) is 23.0. The van der Waals surface area contributed by atoms with E-state index >= 15 is 0 Å². The lowest BCUT2D eigenvalue weighted by atomic mass is 10.1. The number of halogens is 1. The molecule has 0 spiro atoms. The number of ether oxygens (including phenoxy) is 1. The number of amides is 1. The molecular weight excluding hydrogens is 384 g/mol. The van der Waals surface area contributed by atoms with Gasteiger partial charge in [0, 0.05) is 28.3 Å². The summed E-state index contributed by atoms with van der Waals surface area (Å²) in [6.45, 7) is 0.711. The minimum atomic E-state index is -0.143. The van der Waals surface area contributed by atoms with Crippen molar-refractivity contribution >= 4 is 34.0 Å². The number of fused-ring (bicyclic) bond motifs is 1. The van der Waals surface area contributed by atoms with E-state index in [0.717, 1.165) is 32.8 Å². The number of nitrogens with zero attached hydrogens (tertiary/aromatic N) is 1. The number of methoxy groups -OCH3 is 1. The fourth-order valence-corrected chi connectivity index (χ4v) is 3.40. The quantitative estimate of drug-likeness (QED) is 0.471. The van der Waals surface area contributed by atoms with Gasteiger partial charge in [-0.05, 0) is 47.2 Å². The molecule has 0 radical (unpaired) electrons. The Hall–Kier alpha value is -3.37. The van der Waals surface area contributed by atoms with Crippen LogP contribution in [0.1, 0.15) is 15.9 Å². The van der Waals surface area contributed by atoms with Gasteiger partial charge in [0.05, 0.1) is 12.8 Å². The molecule has 0 saturated heterocycles. The summed E-state index contributed by atoms with van der Waals surface area (Å²) in [6.07, 6.45) is 3.87. The van der Waals surface area contributed by atoms with Gasteiger partial charge in [-0.3, -0.25) is 4.79 Å². The van der Waals surface area contributed by atoms with Crippen LogP contribution in [0.5, 0.6) is 5.75 Å². The summed E-state index contributed by atoms with van der Waals surface area (Å²) in [7, 11) is 1.64. The first kappa shape index (κ1) is 19.0. The molecule has 4 nitrogen and oxygen atoms in total. The van der Waals surface area contributed by atoms with Crippen LogP contribution in [0.2, 0.25) is 5.02 Å². The number of hydrogen-bond acceptors (Lipinski definition) is 2. The molecule has 0 saturated carbocycles. The number of carbonyl (C=O) groups is 1. The third kappa shape index (κ3) is 4.55. The summed E-state index contributed by atoms with van der Waals surface area (Å²) >= 11 is 6.04. The molecule has 1 amide bonds. The first-order valence-electron chi connectivity index (χ1n) is 9.23. The maximum Gasteiger partial charge on any atom is 0.255 e. The second kappa shape index (κ2) is 8.33. The van der Waals surface area contributed by atoms with Crippen molar-refractivity contribution in [2.75, 3.05) is 12.4 Å². The second-order valence-electron chi connectivity index (χ2n) is 6.77. The van der Waals surface area contributed by atoms with Crippen LogP contribution in [0.25, 0.3) is 10.8 Å². The van der Waals surface area contributed by atoms with E-state index in [1.807, 2.05) is 89.8 Å². The van der Waals surface area contributed by atoms with Gasteiger partial charge in [-0.25, -0.2) is 4.57 Å². The molecule has 3 aromatic carbocycles. The van der Waals surface area contributed by atoms with Gasteiger partial charge in [-0.1, -0.05) is 35.9 Å². The molecule has 0 unspecified atom stereocenters. The number of anilines is 1. The van der Waals surface area contributed by atoms with Gasteiger partial charge < -0.3 is 10.1 Å². The van der Waals surface area contributed by atoms with Gasteiger partial charge in [0.25, 0.3) is 5.91 Å². The number of carbonyl (C=O) groups excluding carboxylic acids is 1. The Bertz CT molecular complexity index is 1170. The average Bonchev–Trinajstić information content (AvgIpc) is 2.74. The van der Waals surface area contributed by atoms with Crippen LogP contribution in [0.3, 0.4) is 0 Å². The van der Waals surface area contributed by atoms with Crippen molar-refractivity contribution in [2.24, 2.45) is 0 Å². The van der Waals surface area contributed by atoms with E-state index in [9.17, 15) is 4.79 Å². The fraction of sp³-hybridized carbons (Fsp3) is 0.0833. The van der Waals surface area contributed by atoms with Gasteiger partial charge in [-0.15, -0.1) is 0 Å². The van der Waals surface area contributed by atoms with E-state index < -0.39 is 0 Å². The summed E-state index contributed by atoms with van der Waals surface area (Å²) in [5.41, 5.74) is 2.47. The molecule has 0 bridgehead atoms. The lowest BCUT2D eigenvalue weighted by molar-refractivity contribution is -0.688. The minimum absolute atomic E-state index is 0.143. The van der Waals surface area contributed by atoms with Crippen LogP contribution in [-0.4, -0.2) is 13.0 Å². The van der Waals surface area contributed by atoms with Crippen LogP contribution >= 0.6 is 11.6 Å². The predicted octanol–water partition coefficient (Wildman–Crippen LogP) is 5.09. The molecule has 1 aromatic heterocycles. The molecule has 1 N–H and O–H groups in total. The zero-order chi connectivity index (χ0) is 20.2. The van der Waals surface area contributed by atoms with Crippen molar-refractivity contribution < 1.29 is 14.1 Å². The van der Waals surface area contributed by atoms with Crippen molar-refractivity contribution in [3.63, 3.8) is 0 Å². The molecule has 29 heavy (non-hydrogen) atoms. The number of rotatable bonds is 5. The first-order valence-corrected chi connectivity index (χ1v) is 9.61. The van der Waals surface area contributed by atoms with Crippen LogP contribution in [-0.2, 0) is 6.54 Å². The summed E-state index contributed by atoms with van der Waals surface area (Å²) in [5.74, 6) is 0.653. The number of benzene rings is 3. The maximum atomic E-state index is 12.6. The van der Waals surface area contributed by atoms with E-state index in [0.29, 0.717) is 12.1 Å². The summed E-state index contributed by atoms with van der Waals surface area (Å²) < 4.78 is 7.28. The SMILES string of the molecule is COc1ccc2cc(C(=O)Nc3cc[n+](Cc4cccc(Cl)c4)cc3)ccc2c1. The van der Waals surface area contributed by atoms with Gasteiger partial charge in [0.2, 0.25) is 0 Å². The van der Waals surface area contributed by atoms with Gasteiger partial charge in [0.15, 0.2) is 18.9 Å². The largest absolute Gasteiger partial charge is 0.497 e. The Balaban J connectivity index is 1.46. The monoisotopic (exact) mass is 403 g/mol. The van der Waals surface area contributed by atoms with E-state index in [4.69, 9.17) is 16.3 Å². The molecule has 0 aliphatic heterocycles. The zero-order valence-electron chi connectivity index (χ0n) is 15.9. The molecule has 144 valence electrons. The highest BCUT2D eigenvalue weighted by atomic mass is 35.5. The first-order chi connectivity index (χ1) is 14.1. The van der Waals surface area contributed by atoms with Crippen LogP contribution < -0.4 is 14.6 Å². The molecule has 1 heterocycles. The Morgan fingerprint density at radius 2 is 1.72 bits per heavy atom. The predicted molar refractivity (Wildman–Crippen MR) is 116 cm³/mol. The third-order valence-electron chi connectivity index (χ3n) is 4.71. The molecule has 4 aromatic rings. The highest BCUT2D eigenvalue weighted by molar-refractivity contribution is 6.30. The normalized spacial score (nSPS) is 10.7. The number of nitrogens with one attached hydrogen (secondary N) is 1. The molecule has 0 aliphatic rings. The van der Waals surface area contributed by atoms with Crippen molar-refractivity contribution in [1.82, 2.24) is 0 Å². The standard InChI is InChI=1S/C24H19ClN2O2/c1-29-23-8-7-18-14-20(6-5-19(18)15-23)24(28)26-22-9-11-27(12-10-22)16-17-3-2-4-21(25)13-17/h2-15H,16H2,1H3/p+1. The molecule has 5 heteroatoms. The minimum Gasteiger partial charge on any atom is -0.497 e. The van der Waals surface area contributed by atoms with E-state index in [-0.39, 0.29) is 5.91 Å². The maximum absolute atomic E-state index is 12.6. The van der Waals surface area contributed by atoms with Crippen LogP contribution in [0, 0.1) is 0 Å². The number of pyridine rings is 1. The summed E-state index contributed by atoms with van der Waals surface area (Å²) in [4.78, 5) is 12.6. The number of aromatic nitrogens is 1. The molecule has 0 atom stereocenters. The Labute approximate surface area is 174 Å². The molecular formula is C24H20ClN2O2+. The van der Waals surface area contributed by atoms with Crippen molar-refractivity contribution in [1.29, 1.82) is 0 Å².